The topological polar surface area (TPSA) is 192 Å². The molecule has 22 heavy (non-hydrogen) atoms. The summed E-state index contributed by atoms with van der Waals surface area (Å²) in [7, 11) is 0. The smallest absolute Gasteiger partial charge is 0.362 e. The first kappa shape index (κ1) is 19.2. The second-order valence-electron chi connectivity index (χ2n) is 5.36. The Morgan fingerprint density at radius 2 is 1.82 bits per heavy atom. The molecule has 0 unspecified atom stereocenters. The molecule has 0 spiro atoms. The average Bonchev–Trinajstić information content (AvgIpc) is 2.50. The van der Waals surface area contributed by atoms with Gasteiger partial charge in [-0.05, 0) is 6.42 Å². The van der Waals surface area contributed by atoms with Crippen molar-refractivity contribution in [2.45, 2.75) is 55.7 Å². The highest BCUT2D eigenvalue weighted by atomic mass is 16.7. The quantitative estimate of drug-likeness (QED) is 0.230. The summed E-state index contributed by atoms with van der Waals surface area (Å²) in [5.74, 6) is -1.02. The third-order valence-corrected chi connectivity index (χ3v) is 3.68. The molecule has 1 aliphatic heterocycles. The van der Waals surface area contributed by atoms with Crippen molar-refractivity contribution in [3.05, 3.63) is 0 Å². The molecule has 11 N–H and O–H groups in total. The number of hydrogen-bond acceptors (Lipinski definition) is 7. The third kappa shape index (κ3) is 4.83. The van der Waals surface area contributed by atoms with Crippen molar-refractivity contribution < 1.29 is 51.3 Å². The predicted octanol–water partition coefficient (Wildman–Crippen LogP) is -5.11. The van der Waals surface area contributed by atoms with Crippen molar-refractivity contribution in [1.29, 1.82) is 0 Å². The number of aliphatic carboxylic acids is 1. The summed E-state index contributed by atoms with van der Waals surface area (Å²) < 4.78 is 10.7. The Morgan fingerprint density at radius 3 is 2.32 bits per heavy atom. The number of aliphatic hydroxyl groups is 4. The first-order valence-electron chi connectivity index (χ1n) is 7.12. The van der Waals surface area contributed by atoms with Crippen LogP contribution in [0.15, 0.2) is 0 Å². The highest BCUT2D eigenvalue weighted by molar-refractivity contribution is 5.71. The first-order valence-corrected chi connectivity index (χ1v) is 7.12. The molecule has 130 valence electrons. The molecule has 0 aliphatic carbocycles. The predicted molar refractivity (Wildman–Crippen MR) is 69.9 cm³/mol. The zero-order valence-corrected chi connectivity index (χ0v) is 12.2. The fourth-order valence-electron chi connectivity index (χ4n) is 2.16. The average molecular weight is 326 g/mol. The Hall–Kier alpha value is -0.850. The molecule has 0 aromatic rings. The monoisotopic (exact) mass is 326 g/mol. The molecule has 0 amide bonds. The van der Waals surface area contributed by atoms with E-state index in [2.05, 4.69) is 11.5 Å². The Morgan fingerprint density at radius 1 is 1.18 bits per heavy atom. The van der Waals surface area contributed by atoms with Gasteiger partial charge in [0.2, 0.25) is 0 Å². The molecule has 1 rings (SSSR count). The second-order valence-corrected chi connectivity index (χ2v) is 5.36. The molecule has 0 aromatic carbocycles. The molecule has 1 saturated heterocycles. The van der Waals surface area contributed by atoms with Gasteiger partial charge in [-0.3, -0.25) is 0 Å². The van der Waals surface area contributed by atoms with E-state index in [-0.39, 0.29) is 6.42 Å². The van der Waals surface area contributed by atoms with Gasteiger partial charge in [-0.15, -0.1) is 0 Å². The maximum Gasteiger partial charge on any atom is 0.362 e. The maximum absolute atomic E-state index is 10.7. The van der Waals surface area contributed by atoms with Crippen LogP contribution in [0.4, 0.5) is 0 Å². The number of quaternary nitrogens is 2. The van der Waals surface area contributed by atoms with Crippen LogP contribution < -0.4 is 11.5 Å². The summed E-state index contributed by atoms with van der Waals surface area (Å²) in [4.78, 5) is 10.7. The van der Waals surface area contributed by atoms with Gasteiger partial charge in [-0.25, -0.2) is 4.79 Å². The number of carbonyl (C=O) groups is 1. The molecule has 10 heteroatoms. The van der Waals surface area contributed by atoms with Crippen molar-refractivity contribution in [2.75, 3.05) is 13.2 Å². The number of aliphatic hydroxyl groups excluding tert-OH is 4. The zero-order chi connectivity index (χ0) is 16.9. The Bertz CT molecular complexity index is 356. The molecule has 1 aliphatic rings. The largest absolute Gasteiger partial charge is 0.477 e. The normalized spacial score (nSPS) is 35.1. The molecule has 10 nitrogen and oxygen atoms in total. The van der Waals surface area contributed by atoms with E-state index in [0.29, 0.717) is 13.0 Å². The fraction of sp³-hybridized carbons (Fsp3) is 0.917. The highest BCUT2D eigenvalue weighted by Gasteiger charge is 2.44. The van der Waals surface area contributed by atoms with Gasteiger partial charge < -0.3 is 46.5 Å². The van der Waals surface area contributed by atoms with E-state index < -0.39 is 55.4 Å². The minimum absolute atomic E-state index is 0.257. The van der Waals surface area contributed by atoms with E-state index in [1.165, 1.54) is 0 Å². The maximum atomic E-state index is 10.7. The van der Waals surface area contributed by atoms with Gasteiger partial charge in [0, 0.05) is 6.42 Å². The Balaban J connectivity index is 2.59. The van der Waals surface area contributed by atoms with Crippen molar-refractivity contribution in [3.8, 4) is 0 Å². The van der Waals surface area contributed by atoms with Gasteiger partial charge in [0.1, 0.15) is 37.1 Å². The SMILES string of the molecule is [NH3+]C[C@H](CC[C@H]([NH3+])C(=O)O)O[C@@H]1O[C@H](CO)[C@H](O)[C@H](O)[C@H]1O. The lowest BCUT2D eigenvalue weighted by Crippen LogP contribution is -2.65. The Labute approximate surface area is 127 Å². The number of ether oxygens (including phenoxy) is 2. The first-order chi connectivity index (χ1) is 10.3. The molecule has 7 atom stereocenters. The molecule has 0 aromatic heterocycles. The molecular weight excluding hydrogens is 300 g/mol. The highest BCUT2D eigenvalue weighted by Crippen LogP contribution is 2.23. The lowest BCUT2D eigenvalue weighted by atomic mass is 9.99. The van der Waals surface area contributed by atoms with E-state index in [4.69, 9.17) is 19.7 Å². The van der Waals surface area contributed by atoms with E-state index >= 15 is 0 Å². The molecular formula is C12H26N2O8+2. The van der Waals surface area contributed by atoms with Gasteiger partial charge in [0.15, 0.2) is 12.3 Å². The van der Waals surface area contributed by atoms with Crippen LogP contribution in [0.3, 0.4) is 0 Å². The summed E-state index contributed by atoms with van der Waals surface area (Å²) in [5.41, 5.74) is 7.17. The van der Waals surface area contributed by atoms with Gasteiger partial charge in [0.05, 0.1) is 6.61 Å². The molecule has 0 saturated carbocycles. The van der Waals surface area contributed by atoms with Crippen molar-refractivity contribution in [2.24, 2.45) is 0 Å². The van der Waals surface area contributed by atoms with Crippen molar-refractivity contribution in [1.82, 2.24) is 0 Å². The van der Waals surface area contributed by atoms with E-state index in [1.54, 1.807) is 0 Å². The molecule has 0 bridgehead atoms. The second kappa shape index (κ2) is 8.70. The summed E-state index contributed by atoms with van der Waals surface area (Å²) in [6.45, 7) is -0.249. The number of carboxylic acid groups (broad SMARTS) is 1. The fourth-order valence-corrected chi connectivity index (χ4v) is 2.16. The van der Waals surface area contributed by atoms with Crippen LogP contribution in [0.2, 0.25) is 0 Å². The van der Waals surface area contributed by atoms with E-state index in [1.807, 2.05) is 0 Å². The molecule has 0 radical (unpaired) electrons. The van der Waals surface area contributed by atoms with Crippen LogP contribution in [0.25, 0.3) is 0 Å². The van der Waals surface area contributed by atoms with Crippen LogP contribution in [0.1, 0.15) is 12.8 Å². The minimum Gasteiger partial charge on any atom is -0.477 e. The summed E-state index contributed by atoms with van der Waals surface area (Å²) >= 11 is 0. The van der Waals surface area contributed by atoms with Crippen LogP contribution in [-0.4, -0.2) is 87.5 Å². The number of rotatable bonds is 8. The molecule has 1 fully saturated rings. The summed E-state index contributed by atoms with van der Waals surface area (Å²) in [6, 6.07) is -0.785. The molecule has 1 heterocycles. The summed E-state index contributed by atoms with van der Waals surface area (Å²) in [6.07, 6.45) is -6.66. The number of hydrogen-bond donors (Lipinski definition) is 7. The zero-order valence-electron chi connectivity index (χ0n) is 12.2. The van der Waals surface area contributed by atoms with Gasteiger partial charge in [0.25, 0.3) is 0 Å². The van der Waals surface area contributed by atoms with Gasteiger partial charge in [-0.2, -0.15) is 0 Å². The minimum atomic E-state index is -1.51. The van der Waals surface area contributed by atoms with Crippen LogP contribution in [-0.2, 0) is 14.3 Å². The van der Waals surface area contributed by atoms with E-state index in [0.717, 1.165) is 0 Å². The lowest BCUT2D eigenvalue weighted by Gasteiger charge is -2.40. The summed E-state index contributed by atoms with van der Waals surface area (Å²) in [5, 5.41) is 47.1. The third-order valence-electron chi connectivity index (χ3n) is 3.68. The van der Waals surface area contributed by atoms with Crippen molar-refractivity contribution >= 4 is 5.97 Å². The van der Waals surface area contributed by atoms with Crippen molar-refractivity contribution in [3.63, 3.8) is 0 Å². The van der Waals surface area contributed by atoms with E-state index in [9.17, 15) is 20.1 Å². The lowest BCUT2D eigenvalue weighted by molar-refractivity contribution is -0.416. The Kier molecular flexibility index (Phi) is 7.59. The van der Waals surface area contributed by atoms with Gasteiger partial charge in [-0.1, -0.05) is 0 Å². The number of carboxylic acids is 1. The van der Waals surface area contributed by atoms with Crippen LogP contribution >= 0.6 is 0 Å². The van der Waals surface area contributed by atoms with Crippen LogP contribution in [0, 0.1) is 0 Å². The van der Waals surface area contributed by atoms with Gasteiger partial charge >= 0.3 is 5.97 Å². The standard InChI is InChI=1S/C12H24N2O8/c13-3-5(1-2-6(14)11(19)20)21-12-10(18)9(17)8(16)7(4-15)22-12/h5-10,12,15-18H,1-4,13-14H2,(H,19,20)/p+2/t5-,6-,7+,8-,9-,10+,12+/m0/s1. The van der Waals surface area contributed by atoms with Crippen LogP contribution in [0.5, 0.6) is 0 Å².